The summed E-state index contributed by atoms with van der Waals surface area (Å²) in [6, 6.07) is 17.8. The Hall–Kier alpha value is -3.08. The first-order valence-corrected chi connectivity index (χ1v) is 9.19. The number of hydrogen-bond donors (Lipinski definition) is 1. The predicted molar refractivity (Wildman–Crippen MR) is 108 cm³/mol. The van der Waals surface area contributed by atoms with Crippen molar-refractivity contribution in [3.8, 4) is 0 Å². The number of nitrogens with one attached hydrogen (secondary N) is 1. The molecule has 27 heavy (non-hydrogen) atoms. The molecule has 140 valence electrons. The third-order valence-corrected chi connectivity index (χ3v) is 4.67. The first kappa shape index (κ1) is 18.7. The molecule has 2 aromatic rings. The Kier molecular flexibility index (Phi) is 5.91. The molecule has 0 spiro atoms. The van der Waals surface area contributed by atoms with Crippen LogP contribution in [0.4, 0.5) is 5.69 Å². The number of aryl methyl sites for hydroxylation is 1. The molecule has 0 bridgehead atoms. The Labute approximate surface area is 160 Å². The largest absolute Gasteiger partial charge is 0.368 e. The summed E-state index contributed by atoms with van der Waals surface area (Å²) in [5, 5.41) is 2.69. The zero-order valence-corrected chi connectivity index (χ0v) is 15.8. The summed E-state index contributed by atoms with van der Waals surface area (Å²) in [6.45, 7) is 6.31. The van der Waals surface area contributed by atoms with E-state index in [4.69, 9.17) is 0 Å². The molecule has 0 saturated carbocycles. The van der Waals surface area contributed by atoms with Gasteiger partial charge in [0.1, 0.15) is 5.70 Å². The molecule has 1 saturated heterocycles. The van der Waals surface area contributed by atoms with E-state index in [1.54, 1.807) is 11.0 Å². The quantitative estimate of drug-likeness (QED) is 0.850. The van der Waals surface area contributed by atoms with E-state index in [9.17, 15) is 9.59 Å². The average molecular weight is 363 g/mol. The van der Waals surface area contributed by atoms with Crippen molar-refractivity contribution in [2.24, 2.45) is 0 Å². The van der Waals surface area contributed by atoms with Gasteiger partial charge in [0.15, 0.2) is 0 Å². The van der Waals surface area contributed by atoms with E-state index in [1.807, 2.05) is 42.5 Å². The monoisotopic (exact) mass is 363 g/mol. The van der Waals surface area contributed by atoms with Gasteiger partial charge in [-0.05, 0) is 30.2 Å². The minimum Gasteiger partial charge on any atom is -0.368 e. The van der Waals surface area contributed by atoms with Gasteiger partial charge < -0.3 is 15.1 Å². The second-order valence-electron chi connectivity index (χ2n) is 6.72. The number of para-hydroxylation sites is 1. The topological polar surface area (TPSA) is 52.7 Å². The number of anilines is 1. The van der Waals surface area contributed by atoms with E-state index in [2.05, 4.69) is 29.3 Å². The second kappa shape index (κ2) is 8.54. The van der Waals surface area contributed by atoms with Gasteiger partial charge >= 0.3 is 0 Å². The lowest BCUT2D eigenvalue weighted by molar-refractivity contribution is -0.129. The highest BCUT2D eigenvalue weighted by Gasteiger charge is 2.24. The molecular formula is C22H25N3O2. The molecule has 0 radical (unpaired) electrons. The van der Waals surface area contributed by atoms with Crippen molar-refractivity contribution in [1.29, 1.82) is 0 Å². The number of rotatable bonds is 4. The molecule has 1 heterocycles. The molecule has 0 unspecified atom stereocenters. The summed E-state index contributed by atoms with van der Waals surface area (Å²) in [5.41, 5.74) is 3.65. The Bertz CT molecular complexity index is 838. The van der Waals surface area contributed by atoms with Crippen molar-refractivity contribution in [2.75, 3.05) is 31.1 Å². The number of carbonyl (C=O) groups is 2. The van der Waals surface area contributed by atoms with Crippen molar-refractivity contribution in [1.82, 2.24) is 10.2 Å². The highest BCUT2D eigenvalue weighted by Crippen LogP contribution is 2.21. The molecule has 0 aliphatic carbocycles. The summed E-state index contributed by atoms with van der Waals surface area (Å²) in [6.07, 6.45) is 1.73. The molecule has 2 amide bonds. The van der Waals surface area contributed by atoms with Gasteiger partial charge in [-0.2, -0.15) is 0 Å². The van der Waals surface area contributed by atoms with E-state index < -0.39 is 0 Å². The molecule has 1 N–H and O–H groups in total. The molecule has 0 aromatic heterocycles. The molecule has 1 fully saturated rings. The van der Waals surface area contributed by atoms with Crippen LogP contribution >= 0.6 is 0 Å². The SMILES string of the molecule is CC(=O)N/C(=C\c1ccccc1)C(=O)N1CCN(c2ccccc2C)CC1. The van der Waals surface area contributed by atoms with Crippen LogP contribution in [0.2, 0.25) is 0 Å². The molecule has 5 nitrogen and oxygen atoms in total. The molecular weight excluding hydrogens is 338 g/mol. The first-order chi connectivity index (χ1) is 13.0. The Morgan fingerprint density at radius 2 is 1.56 bits per heavy atom. The zero-order chi connectivity index (χ0) is 19.2. The van der Waals surface area contributed by atoms with Gasteiger partial charge in [0.2, 0.25) is 5.91 Å². The van der Waals surface area contributed by atoms with Crippen LogP contribution in [-0.4, -0.2) is 42.9 Å². The Morgan fingerprint density at radius 1 is 0.926 bits per heavy atom. The van der Waals surface area contributed by atoms with Crippen LogP contribution in [0.3, 0.4) is 0 Å². The lowest BCUT2D eigenvalue weighted by Gasteiger charge is -2.37. The fourth-order valence-electron chi connectivity index (χ4n) is 3.30. The summed E-state index contributed by atoms with van der Waals surface area (Å²) < 4.78 is 0. The van der Waals surface area contributed by atoms with E-state index >= 15 is 0 Å². The summed E-state index contributed by atoms with van der Waals surface area (Å²) in [5.74, 6) is -0.387. The molecule has 1 aliphatic rings. The van der Waals surface area contributed by atoms with Crippen LogP contribution in [-0.2, 0) is 9.59 Å². The maximum absolute atomic E-state index is 13.0. The van der Waals surface area contributed by atoms with Crippen molar-refractivity contribution < 1.29 is 9.59 Å². The molecule has 5 heteroatoms. The van der Waals surface area contributed by atoms with E-state index in [0.717, 1.165) is 18.7 Å². The lowest BCUT2D eigenvalue weighted by Crippen LogP contribution is -2.50. The normalized spacial score (nSPS) is 14.8. The van der Waals surface area contributed by atoms with Gasteiger partial charge in [-0.3, -0.25) is 9.59 Å². The van der Waals surface area contributed by atoms with Crippen molar-refractivity contribution >= 4 is 23.6 Å². The van der Waals surface area contributed by atoms with Crippen LogP contribution in [0.15, 0.2) is 60.3 Å². The predicted octanol–water partition coefficient (Wildman–Crippen LogP) is 2.82. The van der Waals surface area contributed by atoms with Gasteiger partial charge in [-0.1, -0.05) is 48.5 Å². The minimum absolute atomic E-state index is 0.140. The first-order valence-electron chi connectivity index (χ1n) is 9.19. The van der Waals surface area contributed by atoms with Crippen LogP contribution < -0.4 is 10.2 Å². The summed E-state index contributed by atoms with van der Waals surface area (Å²) >= 11 is 0. The number of amides is 2. The average Bonchev–Trinajstić information content (AvgIpc) is 2.68. The molecule has 1 aliphatic heterocycles. The number of nitrogens with zero attached hydrogens (tertiary/aromatic N) is 2. The van der Waals surface area contributed by atoms with Crippen LogP contribution in [0.1, 0.15) is 18.1 Å². The fraction of sp³-hybridized carbons (Fsp3) is 0.273. The maximum atomic E-state index is 13.0. The van der Waals surface area contributed by atoms with Crippen LogP contribution in [0, 0.1) is 6.92 Å². The van der Waals surface area contributed by atoms with E-state index in [1.165, 1.54) is 18.2 Å². The number of piperazine rings is 1. The van der Waals surface area contributed by atoms with Gasteiger partial charge in [-0.15, -0.1) is 0 Å². The zero-order valence-electron chi connectivity index (χ0n) is 15.8. The molecule has 2 aromatic carbocycles. The van der Waals surface area contributed by atoms with E-state index in [0.29, 0.717) is 18.8 Å². The van der Waals surface area contributed by atoms with Gasteiger partial charge in [0.05, 0.1) is 0 Å². The van der Waals surface area contributed by atoms with Gasteiger partial charge in [0, 0.05) is 38.8 Å². The third-order valence-electron chi connectivity index (χ3n) is 4.67. The van der Waals surface area contributed by atoms with Crippen molar-refractivity contribution in [3.05, 3.63) is 71.4 Å². The Balaban J connectivity index is 1.71. The second-order valence-corrected chi connectivity index (χ2v) is 6.72. The third kappa shape index (κ3) is 4.76. The summed E-state index contributed by atoms with van der Waals surface area (Å²) in [4.78, 5) is 28.7. The fourth-order valence-corrected chi connectivity index (χ4v) is 3.30. The smallest absolute Gasteiger partial charge is 0.270 e. The maximum Gasteiger partial charge on any atom is 0.270 e. The van der Waals surface area contributed by atoms with Crippen molar-refractivity contribution in [3.63, 3.8) is 0 Å². The minimum atomic E-state index is -0.246. The van der Waals surface area contributed by atoms with Crippen LogP contribution in [0.25, 0.3) is 6.08 Å². The number of benzene rings is 2. The molecule has 0 atom stereocenters. The van der Waals surface area contributed by atoms with Gasteiger partial charge in [-0.25, -0.2) is 0 Å². The Morgan fingerprint density at radius 3 is 2.19 bits per heavy atom. The highest BCUT2D eigenvalue weighted by atomic mass is 16.2. The molecule has 3 rings (SSSR count). The lowest BCUT2D eigenvalue weighted by atomic mass is 10.1. The summed E-state index contributed by atoms with van der Waals surface area (Å²) in [7, 11) is 0. The highest BCUT2D eigenvalue weighted by molar-refractivity contribution is 6.01. The van der Waals surface area contributed by atoms with Crippen molar-refractivity contribution in [2.45, 2.75) is 13.8 Å². The standard InChI is InChI=1S/C22H25N3O2/c1-17-8-6-7-11-21(17)24-12-14-25(15-13-24)22(27)20(23-18(2)26)16-19-9-4-3-5-10-19/h3-11,16H,12-15H2,1-2H3,(H,23,26)/b20-16-. The number of carbonyl (C=O) groups excluding carboxylic acids is 2. The van der Waals surface area contributed by atoms with Crippen LogP contribution in [0.5, 0.6) is 0 Å². The van der Waals surface area contributed by atoms with Gasteiger partial charge in [0.25, 0.3) is 5.91 Å². The van der Waals surface area contributed by atoms with E-state index in [-0.39, 0.29) is 11.8 Å². The number of hydrogen-bond acceptors (Lipinski definition) is 3.